The summed E-state index contributed by atoms with van der Waals surface area (Å²) in [6.07, 6.45) is -0.426. The molecule has 1 atom stereocenters. The molecule has 0 aliphatic carbocycles. The fraction of sp³-hybridized carbons (Fsp3) is 0.412. The van der Waals surface area contributed by atoms with E-state index in [1.54, 1.807) is 0 Å². The van der Waals surface area contributed by atoms with E-state index in [4.69, 9.17) is 0 Å². The predicted octanol–water partition coefficient (Wildman–Crippen LogP) is 3.52. The molecular weight excluding hydrogens is 234 g/mol. The van der Waals surface area contributed by atoms with Crippen molar-refractivity contribution in [1.29, 1.82) is 0 Å². The molecule has 0 aromatic heterocycles. The van der Waals surface area contributed by atoms with Crippen LogP contribution < -0.4 is 0 Å². The fourth-order valence-electron chi connectivity index (χ4n) is 2.59. The molecule has 0 bridgehead atoms. The van der Waals surface area contributed by atoms with Crippen molar-refractivity contribution in [1.82, 2.24) is 4.90 Å². The van der Waals surface area contributed by atoms with Gasteiger partial charge in [0.25, 0.3) is 0 Å². The molecule has 0 fully saturated rings. The van der Waals surface area contributed by atoms with Gasteiger partial charge in [0.15, 0.2) is 0 Å². The van der Waals surface area contributed by atoms with Crippen LogP contribution in [0, 0.1) is 6.92 Å². The quantitative estimate of drug-likeness (QED) is 0.886. The number of hydrogen-bond acceptors (Lipinski definition) is 2. The monoisotopic (exact) mass is 257 g/mol. The van der Waals surface area contributed by atoms with Crippen LogP contribution >= 0.6 is 0 Å². The molecule has 1 N–H and O–H groups in total. The minimum atomic E-state index is -0.426. The van der Waals surface area contributed by atoms with Crippen LogP contribution in [-0.2, 0) is 0 Å². The van der Waals surface area contributed by atoms with Crippen molar-refractivity contribution in [2.75, 3.05) is 19.6 Å². The van der Waals surface area contributed by atoms with Gasteiger partial charge in [0.05, 0.1) is 6.10 Å². The normalized spacial score (nSPS) is 13.1. The van der Waals surface area contributed by atoms with Crippen molar-refractivity contribution in [2.45, 2.75) is 26.9 Å². The van der Waals surface area contributed by atoms with Gasteiger partial charge in [-0.05, 0) is 41.9 Å². The van der Waals surface area contributed by atoms with Crippen molar-refractivity contribution in [3.8, 4) is 0 Å². The topological polar surface area (TPSA) is 23.5 Å². The largest absolute Gasteiger partial charge is 0.387 e. The van der Waals surface area contributed by atoms with Crippen LogP contribution in [0.15, 0.2) is 36.4 Å². The van der Waals surface area contributed by atoms with E-state index in [0.29, 0.717) is 6.54 Å². The fourth-order valence-corrected chi connectivity index (χ4v) is 2.59. The second-order valence-corrected chi connectivity index (χ2v) is 5.02. The minimum absolute atomic E-state index is 0.426. The van der Waals surface area contributed by atoms with Crippen LogP contribution in [0.2, 0.25) is 0 Å². The maximum Gasteiger partial charge on any atom is 0.0922 e. The lowest BCUT2D eigenvalue weighted by atomic mass is 9.97. The Balaban J connectivity index is 2.37. The Labute approximate surface area is 115 Å². The summed E-state index contributed by atoms with van der Waals surface area (Å²) in [4.78, 5) is 2.25. The van der Waals surface area contributed by atoms with Gasteiger partial charge < -0.3 is 10.0 Å². The molecule has 0 spiro atoms. The molecule has 0 aliphatic rings. The molecule has 2 aromatic carbocycles. The standard InChI is InChI=1S/C17H23NO/c1-4-18(5-2)12-17(19)16-11-10-13(3)14-8-6-7-9-15(14)16/h6-11,17,19H,4-5,12H2,1-3H3. The highest BCUT2D eigenvalue weighted by Gasteiger charge is 2.14. The lowest BCUT2D eigenvalue weighted by molar-refractivity contribution is 0.120. The summed E-state index contributed by atoms with van der Waals surface area (Å²) in [6.45, 7) is 9.00. The molecular formula is C17H23NO. The summed E-state index contributed by atoms with van der Waals surface area (Å²) in [5.74, 6) is 0. The van der Waals surface area contributed by atoms with Gasteiger partial charge in [0.1, 0.15) is 0 Å². The number of hydrogen-bond donors (Lipinski definition) is 1. The number of aryl methyl sites for hydroxylation is 1. The molecule has 2 heteroatoms. The van der Waals surface area contributed by atoms with Gasteiger partial charge in [-0.25, -0.2) is 0 Å². The Morgan fingerprint density at radius 2 is 1.63 bits per heavy atom. The highest BCUT2D eigenvalue weighted by Crippen LogP contribution is 2.27. The first-order valence-corrected chi connectivity index (χ1v) is 7.06. The van der Waals surface area contributed by atoms with E-state index in [9.17, 15) is 5.11 Å². The average molecular weight is 257 g/mol. The zero-order chi connectivity index (χ0) is 13.8. The number of likely N-dealkylation sites (N-methyl/N-ethyl adjacent to an activating group) is 1. The second-order valence-electron chi connectivity index (χ2n) is 5.02. The maximum absolute atomic E-state index is 10.5. The first-order valence-electron chi connectivity index (χ1n) is 7.06. The van der Waals surface area contributed by atoms with Gasteiger partial charge in [-0.1, -0.05) is 50.2 Å². The zero-order valence-electron chi connectivity index (χ0n) is 12.1. The van der Waals surface area contributed by atoms with Crippen LogP contribution in [0.1, 0.15) is 31.1 Å². The van der Waals surface area contributed by atoms with Crippen LogP contribution in [-0.4, -0.2) is 29.6 Å². The summed E-state index contributed by atoms with van der Waals surface area (Å²) in [5, 5.41) is 12.9. The number of fused-ring (bicyclic) bond motifs is 1. The molecule has 2 rings (SSSR count). The van der Waals surface area contributed by atoms with E-state index in [1.165, 1.54) is 16.3 Å². The van der Waals surface area contributed by atoms with E-state index in [0.717, 1.165) is 18.7 Å². The molecule has 2 aromatic rings. The third-order valence-corrected chi connectivity index (χ3v) is 3.86. The highest BCUT2D eigenvalue weighted by atomic mass is 16.3. The van der Waals surface area contributed by atoms with Crippen LogP contribution in [0.4, 0.5) is 0 Å². The molecule has 19 heavy (non-hydrogen) atoms. The van der Waals surface area contributed by atoms with Crippen LogP contribution in [0.5, 0.6) is 0 Å². The van der Waals surface area contributed by atoms with E-state index in [2.05, 4.69) is 56.0 Å². The Morgan fingerprint density at radius 1 is 1.00 bits per heavy atom. The van der Waals surface area contributed by atoms with Gasteiger partial charge in [0.2, 0.25) is 0 Å². The Kier molecular flexibility index (Phi) is 4.56. The zero-order valence-corrected chi connectivity index (χ0v) is 12.1. The van der Waals surface area contributed by atoms with Crippen molar-refractivity contribution >= 4 is 10.8 Å². The average Bonchev–Trinajstić information content (AvgIpc) is 2.45. The van der Waals surface area contributed by atoms with Gasteiger partial charge in [-0.3, -0.25) is 0 Å². The van der Waals surface area contributed by atoms with Crippen molar-refractivity contribution in [3.05, 3.63) is 47.5 Å². The summed E-state index contributed by atoms with van der Waals surface area (Å²) in [7, 11) is 0. The Hall–Kier alpha value is -1.38. The minimum Gasteiger partial charge on any atom is -0.387 e. The number of nitrogens with zero attached hydrogens (tertiary/aromatic N) is 1. The molecule has 0 amide bonds. The van der Waals surface area contributed by atoms with Gasteiger partial charge >= 0.3 is 0 Å². The molecule has 102 valence electrons. The summed E-state index contributed by atoms with van der Waals surface area (Å²) >= 11 is 0. The van der Waals surface area contributed by atoms with Gasteiger partial charge in [-0.15, -0.1) is 0 Å². The lowest BCUT2D eigenvalue weighted by Crippen LogP contribution is -2.28. The highest BCUT2D eigenvalue weighted by molar-refractivity contribution is 5.88. The molecule has 0 aliphatic heterocycles. The van der Waals surface area contributed by atoms with Crippen molar-refractivity contribution in [2.24, 2.45) is 0 Å². The predicted molar refractivity (Wildman–Crippen MR) is 81.4 cm³/mol. The summed E-state index contributed by atoms with van der Waals surface area (Å²) in [6, 6.07) is 12.5. The summed E-state index contributed by atoms with van der Waals surface area (Å²) in [5.41, 5.74) is 2.29. The molecule has 2 nitrogen and oxygen atoms in total. The molecule has 0 heterocycles. The van der Waals surface area contributed by atoms with Crippen LogP contribution in [0.3, 0.4) is 0 Å². The third kappa shape index (κ3) is 2.96. The SMILES string of the molecule is CCN(CC)CC(O)c1ccc(C)c2ccccc12. The second kappa shape index (κ2) is 6.18. The molecule has 0 saturated heterocycles. The van der Waals surface area contributed by atoms with E-state index in [-0.39, 0.29) is 0 Å². The first kappa shape index (κ1) is 14.0. The maximum atomic E-state index is 10.5. The number of aliphatic hydroxyl groups is 1. The first-order chi connectivity index (χ1) is 9.17. The molecule has 1 unspecified atom stereocenters. The number of aliphatic hydroxyl groups excluding tert-OH is 1. The Morgan fingerprint density at radius 3 is 2.26 bits per heavy atom. The van der Waals surface area contributed by atoms with Crippen molar-refractivity contribution < 1.29 is 5.11 Å². The van der Waals surface area contributed by atoms with Gasteiger partial charge in [-0.2, -0.15) is 0 Å². The molecule has 0 radical (unpaired) electrons. The number of benzene rings is 2. The van der Waals surface area contributed by atoms with E-state index in [1.807, 2.05) is 6.07 Å². The third-order valence-electron chi connectivity index (χ3n) is 3.86. The Bertz CT molecular complexity index is 546. The van der Waals surface area contributed by atoms with Crippen LogP contribution in [0.25, 0.3) is 10.8 Å². The smallest absolute Gasteiger partial charge is 0.0922 e. The molecule has 0 saturated carbocycles. The number of rotatable bonds is 5. The lowest BCUT2D eigenvalue weighted by Gasteiger charge is -2.23. The van der Waals surface area contributed by atoms with Crippen molar-refractivity contribution in [3.63, 3.8) is 0 Å². The van der Waals surface area contributed by atoms with E-state index >= 15 is 0 Å². The summed E-state index contributed by atoms with van der Waals surface area (Å²) < 4.78 is 0. The van der Waals surface area contributed by atoms with E-state index < -0.39 is 6.10 Å². The van der Waals surface area contributed by atoms with Gasteiger partial charge in [0, 0.05) is 6.54 Å².